The Bertz CT molecular complexity index is 819. The van der Waals surface area contributed by atoms with Crippen molar-refractivity contribution in [2.24, 2.45) is 0 Å². The molecule has 0 spiro atoms. The molecule has 0 aliphatic heterocycles. The molecule has 0 fully saturated rings. The van der Waals surface area contributed by atoms with E-state index in [2.05, 4.69) is 29.4 Å². The van der Waals surface area contributed by atoms with Crippen LogP contribution in [0.15, 0.2) is 42.6 Å². The molecular weight excluding hydrogens is 266 g/mol. The van der Waals surface area contributed by atoms with Crippen molar-refractivity contribution in [2.75, 3.05) is 0 Å². The van der Waals surface area contributed by atoms with Crippen molar-refractivity contribution in [1.82, 2.24) is 9.78 Å². The van der Waals surface area contributed by atoms with Gasteiger partial charge in [0.05, 0.1) is 17.0 Å². The first-order valence-corrected chi connectivity index (χ1v) is 6.71. The van der Waals surface area contributed by atoms with E-state index >= 15 is 0 Å². The highest BCUT2D eigenvalue weighted by atomic mass is 16.6. The average Bonchev–Trinajstić information content (AvgIpc) is 2.81. The quantitative estimate of drug-likeness (QED) is 0.544. The Hall–Kier alpha value is -2.69. The van der Waals surface area contributed by atoms with E-state index in [4.69, 9.17) is 0 Å². The van der Waals surface area contributed by atoms with Gasteiger partial charge >= 0.3 is 0 Å². The summed E-state index contributed by atoms with van der Waals surface area (Å²) in [6, 6.07) is 11.6. The zero-order valence-corrected chi connectivity index (χ0v) is 11.9. The summed E-state index contributed by atoms with van der Waals surface area (Å²) in [5, 5.41) is 16.3. The predicted octanol–water partition coefficient (Wildman–Crippen LogP) is 3.61. The van der Waals surface area contributed by atoms with Gasteiger partial charge < -0.3 is 0 Å². The average molecular weight is 281 g/mol. The molecule has 0 N–H and O–H groups in total. The van der Waals surface area contributed by atoms with Gasteiger partial charge in [-0.15, -0.1) is 0 Å². The van der Waals surface area contributed by atoms with Gasteiger partial charge in [-0.25, -0.2) is 0 Å². The molecule has 1 heterocycles. The van der Waals surface area contributed by atoms with Crippen molar-refractivity contribution in [1.29, 1.82) is 0 Å². The van der Waals surface area contributed by atoms with Crippen LogP contribution in [0.25, 0.3) is 10.9 Å². The maximum atomic E-state index is 11.0. The molecule has 0 saturated heterocycles. The molecule has 0 aliphatic rings. The number of nitro groups is 1. The minimum Gasteiger partial charge on any atom is -0.267 e. The molecule has 21 heavy (non-hydrogen) atoms. The smallest absolute Gasteiger partial charge is 0.267 e. The number of hydrogen-bond donors (Lipinski definition) is 0. The number of rotatable bonds is 3. The van der Waals surface area contributed by atoms with Gasteiger partial charge in [0.15, 0.2) is 0 Å². The highest BCUT2D eigenvalue weighted by molar-refractivity contribution is 5.82. The highest BCUT2D eigenvalue weighted by Crippen LogP contribution is 2.24. The number of hydrogen-bond acceptors (Lipinski definition) is 3. The molecule has 3 rings (SSSR count). The first-order chi connectivity index (χ1) is 10.0. The lowest BCUT2D eigenvalue weighted by molar-refractivity contribution is -0.385. The first kappa shape index (κ1) is 13.3. The Morgan fingerprint density at radius 3 is 2.57 bits per heavy atom. The fourth-order valence-electron chi connectivity index (χ4n) is 2.37. The fraction of sp³-hybridized carbons (Fsp3) is 0.188. The van der Waals surface area contributed by atoms with Gasteiger partial charge in [0.1, 0.15) is 0 Å². The number of nitro benzene ring substituents is 1. The molecule has 1 aromatic heterocycles. The molecular formula is C16H15N3O2. The standard InChI is InChI=1S/C16H15N3O2/c1-11-3-5-13(6-4-11)9-18-10-14-8-16(19(20)21)12(2)7-15(14)17-18/h3-8,10H,9H2,1-2H3. The molecule has 3 aromatic rings. The van der Waals surface area contributed by atoms with Crippen LogP contribution in [0.1, 0.15) is 16.7 Å². The van der Waals surface area contributed by atoms with Crippen LogP contribution in [0.2, 0.25) is 0 Å². The SMILES string of the molecule is Cc1ccc(Cn2cc3cc([N+](=O)[O-])c(C)cc3n2)cc1. The van der Waals surface area contributed by atoms with Crippen LogP contribution in [0.5, 0.6) is 0 Å². The number of benzene rings is 2. The second-order valence-corrected chi connectivity index (χ2v) is 5.27. The van der Waals surface area contributed by atoms with Gasteiger partial charge in [-0.05, 0) is 25.5 Å². The third-order valence-corrected chi connectivity index (χ3v) is 3.53. The van der Waals surface area contributed by atoms with Crippen LogP contribution in [-0.4, -0.2) is 14.7 Å². The largest absolute Gasteiger partial charge is 0.273 e. The third-order valence-electron chi connectivity index (χ3n) is 3.53. The van der Waals surface area contributed by atoms with Crippen molar-refractivity contribution in [3.63, 3.8) is 0 Å². The number of aromatic nitrogens is 2. The van der Waals surface area contributed by atoms with Gasteiger partial charge in [0.2, 0.25) is 0 Å². The molecule has 0 unspecified atom stereocenters. The topological polar surface area (TPSA) is 61.0 Å². The van der Waals surface area contributed by atoms with Gasteiger partial charge in [-0.2, -0.15) is 5.10 Å². The van der Waals surface area contributed by atoms with Gasteiger partial charge in [-0.1, -0.05) is 29.8 Å². The molecule has 0 saturated carbocycles. The Morgan fingerprint density at radius 2 is 1.90 bits per heavy atom. The second kappa shape index (κ2) is 5.01. The molecule has 106 valence electrons. The van der Waals surface area contributed by atoms with E-state index in [0.717, 1.165) is 16.5 Å². The van der Waals surface area contributed by atoms with E-state index in [1.807, 2.05) is 17.8 Å². The van der Waals surface area contributed by atoms with Gasteiger partial charge in [0.25, 0.3) is 5.69 Å². The summed E-state index contributed by atoms with van der Waals surface area (Å²) in [5.41, 5.74) is 3.92. The molecule has 0 radical (unpaired) electrons. The molecule has 0 aliphatic carbocycles. The molecule has 2 aromatic carbocycles. The van der Waals surface area contributed by atoms with Gasteiger partial charge in [-0.3, -0.25) is 14.8 Å². The molecule has 5 nitrogen and oxygen atoms in total. The molecule has 0 atom stereocenters. The first-order valence-electron chi connectivity index (χ1n) is 6.71. The lowest BCUT2D eigenvalue weighted by Crippen LogP contribution is -1.99. The van der Waals surface area contributed by atoms with Crippen molar-refractivity contribution >= 4 is 16.6 Å². The van der Waals surface area contributed by atoms with Crippen LogP contribution in [0.3, 0.4) is 0 Å². The van der Waals surface area contributed by atoms with E-state index in [-0.39, 0.29) is 10.6 Å². The zero-order valence-electron chi connectivity index (χ0n) is 11.9. The minimum absolute atomic E-state index is 0.136. The van der Waals surface area contributed by atoms with Crippen LogP contribution in [-0.2, 0) is 6.54 Å². The van der Waals surface area contributed by atoms with Crippen LogP contribution in [0, 0.1) is 24.0 Å². The van der Waals surface area contributed by atoms with Crippen molar-refractivity contribution in [3.05, 3.63) is 69.4 Å². The minimum atomic E-state index is -0.355. The fourth-order valence-corrected chi connectivity index (χ4v) is 2.37. The Morgan fingerprint density at radius 1 is 1.19 bits per heavy atom. The molecule has 0 amide bonds. The summed E-state index contributed by atoms with van der Waals surface area (Å²) in [6.07, 6.45) is 1.85. The van der Waals surface area contributed by atoms with E-state index in [0.29, 0.717) is 12.1 Å². The zero-order chi connectivity index (χ0) is 15.0. The van der Waals surface area contributed by atoms with Gasteiger partial charge in [0, 0.05) is 23.2 Å². The molecule has 0 bridgehead atoms. The summed E-state index contributed by atoms with van der Waals surface area (Å²) >= 11 is 0. The summed E-state index contributed by atoms with van der Waals surface area (Å²) in [5.74, 6) is 0. The summed E-state index contributed by atoms with van der Waals surface area (Å²) in [6.45, 7) is 4.44. The Balaban J connectivity index is 1.97. The number of nitrogens with zero attached hydrogens (tertiary/aromatic N) is 3. The van der Waals surface area contributed by atoms with Crippen LogP contribution in [0.4, 0.5) is 5.69 Å². The second-order valence-electron chi connectivity index (χ2n) is 5.27. The van der Waals surface area contributed by atoms with Crippen molar-refractivity contribution < 1.29 is 4.92 Å². The normalized spacial score (nSPS) is 11.0. The van der Waals surface area contributed by atoms with Crippen LogP contribution < -0.4 is 0 Å². The third kappa shape index (κ3) is 2.63. The van der Waals surface area contributed by atoms with E-state index < -0.39 is 0 Å². The maximum Gasteiger partial charge on any atom is 0.273 e. The number of fused-ring (bicyclic) bond motifs is 1. The van der Waals surface area contributed by atoms with Crippen molar-refractivity contribution in [3.8, 4) is 0 Å². The van der Waals surface area contributed by atoms with E-state index in [1.54, 1.807) is 19.1 Å². The van der Waals surface area contributed by atoms with E-state index in [1.165, 1.54) is 5.56 Å². The lowest BCUT2D eigenvalue weighted by atomic mass is 10.1. The maximum absolute atomic E-state index is 11.0. The number of aryl methyl sites for hydroxylation is 2. The summed E-state index contributed by atoms with van der Waals surface area (Å²) < 4.78 is 1.82. The Labute approximate surface area is 122 Å². The summed E-state index contributed by atoms with van der Waals surface area (Å²) in [7, 11) is 0. The lowest BCUT2D eigenvalue weighted by Gasteiger charge is -2.01. The van der Waals surface area contributed by atoms with Crippen molar-refractivity contribution in [2.45, 2.75) is 20.4 Å². The monoisotopic (exact) mass is 281 g/mol. The highest BCUT2D eigenvalue weighted by Gasteiger charge is 2.13. The van der Waals surface area contributed by atoms with E-state index in [9.17, 15) is 10.1 Å². The van der Waals surface area contributed by atoms with Crippen LogP contribution >= 0.6 is 0 Å². The Kier molecular flexibility index (Phi) is 3.17. The predicted molar refractivity (Wildman–Crippen MR) is 81.4 cm³/mol. The summed E-state index contributed by atoms with van der Waals surface area (Å²) in [4.78, 5) is 10.6. The molecule has 5 heteroatoms.